The second-order valence-electron chi connectivity index (χ2n) is 10.8. The Hall–Kier alpha value is -3.99. The molecule has 41 heavy (non-hydrogen) atoms. The van der Waals surface area contributed by atoms with Crippen LogP contribution in [0.5, 0.6) is 0 Å². The lowest BCUT2D eigenvalue weighted by Gasteiger charge is -2.35. The van der Waals surface area contributed by atoms with Crippen molar-refractivity contribution in [1.29, 1.82) is 0 Å². The van der Waals surface area contributed by atoms with Gasteiger partial charge in [0.15, 0.2) is 0 Å². The van der Waals surface area contributed by atoms with E-state index in [2.05, 4.69) is 15.6 Å². The molecule has 1 aliphatic heterocycles. The third-order valence-electron chi connectivity index (χ3n) is 6.60. The number of amides is 3. The minimum Gasteiger partial charge on any atom is -0.481 e. The fourth-order valence-electron chi connectivity index (χ4n) is 4.58. The van der Waals surface area contributed by atoms with Crippen LogP contribution in [0, 0.1) is 5.41 Å². The number of esters is 1. The molecule has 1 aliphatic rings. The largest absolute Gasteiger partial charge is 0.481 e. The van der Waals surface area contributed by atoms with Gasteiger partial charge in [0.1, 0.15) is 22.8 Å². The maximum Gasteiger partial charge on any atom is 0.349 e. The third kappa shape index (κ3) is 8.26. The third-order valence-corrected chi connectivity index (χ3v) is 6.88. The van der Waals surface area contributed by atoms with E-state index in [0.717, 1.165) is 11.5 Å². The molecule has 2 heterocycles. The summed E-state index contributed by atoms with van der Waals surface area (Å²) in [6, 6.07) is 7.72. The van der Waals surface area contributed by atoms with Gasteiger partial charge in [0.2, 0.25) is 11.8 Å². The molecule has 3 amide bonds. The number of aromatic nitrogens is 1. The smallest absolute Gasteiger partial charge is 0.349 e. The van der Waals surface area contributed by atoms with E-state index in [4.69, 9.17) is 16.3 Å². The Morgan fingerprint density at radius 2 is 1.85 bits per heavy atom. The minimum absolute atomic E-state index is 0.0698. The van der Waals surface area contributed by atoms with Crippen LogP contribution in [-0.2, 0) is 23.9 Å². The van der Waals surface area contributed by atoms with Crippen molar-refractivity contribution >= 4 is 52.2 Å². The van der Waals surface area contributed by atoms with Gasteiger partial charge in [-0.15, -0.1) is 0 Å². The van der Waals surface area contributed by atoms with Crippen molar-refractivity contribution in [1.82, 2.24) is 20.5 Å². The molecular formula is C29H35ClN4O7. The van der Waals surface area contributed by atoms with Gasteiger partial charge in [-0.1, -0.05) is 56.6 Å². The molecule has 1 aromatic carbocycles. The number of carboxylic acids is 1. The van der Waals surface area contributed by atoms with Crippen LogP contribution in [0.4, 0.5) is 0 Å². The van der Waals surface area contributed by atoms with Gasteiger partial charge in [-0.3, -0.25) is 19.2 Å². The second-order valence-corrected chi connectivity index (χ2v) is 11.2. The number of fused-ring (bicyclic) bond motifs is 1. The van der Waals surface area contributed by atoms with Crippen molar-refractivity contribution in [2.45, 2.75) is 65.1 Å². The highest BCUT2D eigenvalue weighted by atomic mass is 35.5. The first-order valence-corrected chi connectivity index (χ1v) is 13.7. The zero-order chi connectivity index (χ0) is 30.3. The molecule has 3 N–H and O–H groups in total. The lowest BCUT2D eigenvalue weighted by Crippen LogP contribution is -2.58. The zero-order valence-corrected chi connectivity index (χ0v) is 24.2. The Kier molecular flexibility index (Phi) is 10.4. The highest BCUT2D eigenvalue weighted by Gasteiger charge is 2.42. The number of nitrogens with zero attached hydrogens (tertiary/aromatic N) is 2. The van der Waals surface area contributed by atoms with Gasteiger partial charge in [0.05, 0.1) is 24.6 Å². The quantitative estimate of drug-likeness (QED) is 0.283. The molecule has 11 nitrogen and oxygen atoms in total. The van der Waals surface area contributed by atoms with E-state index in [0.29, 0.717) is 18.4 Å². The molecule has 0 aliphatic carbocycles. The number of likely N-dealkylation sites (tertiary alicyclic amines) is 1. The predicted molar refractivity (Wildman–Crippen MR) is 152 cm³/mol. The van der Waals surface area contributed by atoms with E-state index in [1.807, 2.05) is 18.2 Å². The van der Waals surface area contributed by atoms with E-state index in [9.17, 15) is 29.1 Å². The molecule has 0 spiro atoms. The Balaban J connectivity index is 1.79. The second kappa shape index (κ2) is 13.6. The summed E-state index contributed by atoms with van der Waals surface area (Å²) in [5.74, 6) is -3.64. The molecule has 0 unspecified atom stereocenters. The summed E-state index contributed by atoms with van der Waals surface area (Å²) in [7, 11) is 0. The van der Waals surface area contributed by atoms with Crippen molar-refractivity contribution in [3.05, 3.63) is 53.2 Å². The predicted octanol–water partition coefficient (Wildman–Crippen LogP) is 3.02. The van der Waals surface area contributed by atoms with E-state index in [-0.39, 0.29) is 23.9 Å². The molecule has 0 saturated carbocycles. The fourth-order valence-corrected chi connectivity index (χ4v) is 4.79. The summed E-state index contributed by atoms with van der Waals surface area (Å²) in [6.45, 7) is 7.35. The molecule has 0 radical (unpaired) electrons. The van der Waals surface area contributed by atoms with Crippen LogP contribution in [0.25, 0.3) is 10.9 Å². The molecule has 12 heteroatoms. The van der Waals surface area contributed by atoms with Crippen LogP contribution in [-0.4, -0.2) is 75.9 Å². The van der Waals surface area contributed by atoms with Crippen molar-refractivity contribution in [3.63, 3.8) is 0 Å². The lowest BCUT2D eigenvalue weighted by molar-refractivity contribution is -0.142. The number of aliphatic carboxylic acids is 1. The molecule has 0 bridgehead atoms. The molecule has 3 atom stereocenters. The Bertz CT molecular complexity index is 1350. The number of carbonyl (C=O) groups is 5. The summed E-state index contributed by atoms with van der Waals surface area (Å²) in [5.41, 5.74) is 0.0842. The van der Waals surface area contributed by atoms with E-state index in [1.54, 1.807) is 45.9 Å². The molecular weight excluding hydrogens is 552 g/mol. The van der Waals surface area contributed by atoms with Gasteiger partial charge in [-0.25, -0.2) is 9.78 Å². The topological polar surface area (TPSA) is 155 Å². The molecule has 2 aromatic rings. The van der Waals surface area contributed by atoms with Crippen molar-refractivity contribution < 1.29 is 33.8 Å². The Morgan fingerprint density at radius 3 is 2.51 bits per heavy atom. The van der Waals surface area contributed by atoms with Gasteiger partial charge < -0.3 is 25.4 Å². The first-order valence-electron chi connectivity index (χ1n) is 13.4. The van der Waals surface area contributed by atoms with Crippen molar-refractivity contribution in [2.24, 2.45) is 5.41 Å². The van der Waals surface area contributed by atoms with Gasteiger partial charge in [-0.2, -0.15) is 0 Å². The van der Waals surface area contributed by atoms with Crippen LogP contribution in [0.3, 0.4) is 0 Å². The molecule has 3 rings (SSSR count). The zero-order valence-electron chi connectivity index (χ0n) is 23.5. The van der Waals surface area contributed by atoms with Crippen LogP contribution < -0.4 is 10.6 Å². The summed E-state index contributed by atoms with van der Waals surface area (Å²) in [5, 5.41) is 15.2. The molecule has 1 fully saturated rings. The number of ether oxygens (including phenoxy) is 1. The number of nitrogens with one attached hydrogen (secondary N) is 2. The highest BCUT2D eigenvalue weighted by Crippen LogP contribution is 2.26. The maximum atomic E-state index is 13.8. The van der Waals surface area contributed by atoms with E-state index in [1.165, 1.54) is 4.90 Å². The van der Waals surface area contributed by atoms with Gasteiger partial charge in [0.25, 0.3) is 5.91 Å². The van der Waals surface area contributed by atoms with Crippen molar-refractivity contribution in [2.75, 3.05) is 13.2 Å². The Morgan fingerprint density at radius 1 is 1.15 bits per heavy atom. The van der Waals surface area contributed by atoms with Crippen molar-refractivity contribution in [3.8, 4) is 0 Å². The van der Waals surface area contributed by atoms with Gasteiger partial charge >= 0.3 is 11.9 Å². The van der Waals surface area contributed by atoms with Crippen LogP contribution in [0.2, 0.25) is 0 Å². The van der Waals surface area contributed by atoms with Gasteiger partial charge in [0, 0.05) is 11.9 Å². The number of benzene rings is 1. The highest BCUT2D eigenvalue weighted by molar-refractivity contribution is 6.41. The molecule has 1 saturated heterocycles. The SMILES string of the molecule is CCOC(=O)/C(Cl)=C/[C@H](CC(=O)O)NC(=O)[C@H]1CCCN1C(=O)[C@H](NC(=O)c1ccc2ccccc2n1)C(C)(C)C. The maximum absolute atomic E-state index is 13.8. The minimum atomic E-state index is -1.22. The molecule has 1 aromatic heterocycles. The average molecular weight is 587 g/mol. The van der Waals surface area contributed by atoms with Gasteiger partial charge in [-0.05, 0) is 43.4 Å². The van der Waals surface area contributed by atoms with Crippen LogP contribution in [0.1, 0.15) is 57.4 Å². The summed E-state index contributed by atoms with van der Waals surface area (Å²) in [6.07, 6.45) is 1.44. The molecule has 220 valence electrons. The van der Waals surface area contributed by atoms with Crippen LogP contribution >= 0.6 is 11.6 Å². The normalized spacial score (nSPS) is 17.0. The summed E-state index contributed by atoms with van der Waals surface area (Å²) >= 11 is 5.97. The first kappa shape index (κ1) is 31.5. The number of hydrogen-bond donors (Lipinski definition) is 3. The number of hydrogen-bond acceptors (Lipinski definition) is 7. The number of carbonyl (C=O) groups excluding carboxylic acids is 4. The average Bonchev–Trinajstić information content (AvgIpc) is 3.40. The summed E-state index contributed by atoms with van der Waals surface area (Å²) in [4.78, 5) is 69.4. The summed E-state index contributed by atoms with van der Waals surface area (Å²) < 4.78 is 4.81. The lowest BCUT2D eigenvalue weighted by atomic mass is 9.85. The monoisotopic (exact) mass is 586 g/mol. The van der Waals surface area contributed by atoms with E-state index < -0.39 is 59.6 Å². The fraction of sp³-hybridized carbons (Fsp3) is 0.448. The first-order chi connectivity index (χ1) is 19.3. The number of rotatable bonds is 10. The standard InChI is InChI=1S/C29H35ClN4O7/c1-5-41-28(40)19(30)15-18(16-23(35)36)31-26(38)22-11-8-14-34(22)27(39)24(29(2,3)4)33-25(37)21-13-12-17-9-6-7-10-20(17)32-21/h6-7,9-10,12-13,15,18,22,24H,5,8,11,14,16H2,1-4H3,(H,31,38)(H,33,37)(H,35,36)/b19-15-/t18-,22-,24+/m1/s1. The number of carboxylic acid groups (broad SMARTS) is 1. The van der Waals surface area contributed by atoms with Crippen LogP contribution in [0.15, 0.2) is 47.5 Å². The Labute approximate surface area is 243 Å². The number of pyridine rings is 1. The number of para-hydroxylation sites is 1. The van der Waals surface area contributed by atoms with E-state index >= 15 is 0 Å². The number of halogens is 1.